The maximum absolute atomic E-state index is 10.8. The number of ether oxygens (including phenoxy) is 1. The van der Waals surface area contributed by atoms with Gasteiger partial charge in [-0.05, 0) is 55.2 Å². The lowest BCUT2D eigenvalue weighted by molar-refractivity contribution is 0.00335. The van der Waals surface area contributed by atoms with Crippen LogP contribution in [0.2, 0.25) is 0 Å². The number of likely N-dealkylation sites (tertiary alicyclic amines) is 1. The monoisotopic (exact) mass is 312 g/mol. The van der Waals surface area contributed by atoms with Crippen molar-refractivity contribution >= 4 is 0 Å². The van der Waals surface area contributed by atoms with Gasteiger partial charge in [0.2, 0.25) is 0 Å². The molecule has 2 aromatic rings. The predicted octanol–water partition coefficient (Wildman–Crippen LogP) is 2.71. The summed E-state index contributed by atoms with van der Waals surface area (Å²) in [5.41, 5.74) is 2.85. The minimum atomic E-state index is -0.773. The fourth-order valence-electron chi connectivity index (χ4n) is 3.04. The van der Waals surface area contributed by atoms with Gasteiger partial charge < -0.3 is 9.84 Å². The van der Waals surface area contributed by atoms with E-state index in [1.807, 2.05) is 43.6 Å². The van der Waals surface area contributed by atoms with Crippen molar-refractivity contribution in [3.8, 4) is 5.75 Å². The van der Waals surface area contributed by atoms with E-state index >= 15 is 0 Å². The Bertz CT molecular complexity index is 674. The van der Waals surface area contributed by atoms with E-state index in [2.05, 4.69) is 22.9 Å². The van der Waals surface area contributed by atoms with Gasteiger partial charge in [0.15, 0.2) is 0 Å². The van der Waals surface area contributed by atoms with Gasteiger partial charge in [0, 0.05) is 32.0 Å². The van der Waals surface area contributed by atoms with Crippen molar-refractivity contribution < 1.29 is 9.84 Å². The molecule has 1 aliphatic heterocycles. The van der Waals surface area contributed by atoms with E-state index in [9.17, 15) is 5.11 Å². The summed E-state index contributed by atoms with van der Waals surface area (Å²) < 4.78 is 5.81. The zero-order chi connectivity index (χ0) is 16.3. The molecule has 1 N–H and O–H groups in total. The van der Waals surface area contributed by atoms with E-state index in [0.29, 0.717) is 13.2 Å². The third-order valence-electron chi connectivity index (χ3n) is 4.44. The molecule has 1 aliphatic rings. The SMILES string of the molecule is Cc1cccc(OCC2(O)CCN(Cc3ccncc3C)C2)c1. The molecule has 1 aromatic heterocycles. The first kappa shape index (κ1) is 16.0. The van der Waals surface area contributed by atoms with Gasteiger partial charge in [0.1, 0.15) is 18.0 Å². The second-order valence-corrected chi connectivity index (χ2v) is 6.59. The highest BCUT2D eigenvalue weighted by Crippen LogP contribution is 2.25. The lowest BCUT2D eigenvalue weighted by Crippen LogP contribution is -2.39. The molecule has 0 amide bonds. The zero-order valence-corrected chi connectivity index (χ0v) is 13.8. The molecule has 122 valence electrons. The van der Waals surface area contributed by atoms with E-state index in [1.165, 1.54) is 11.1 Å². The minimum absolute atomic E-state index is 0.336. The van der Waals surface area contributed by atoms with Crippen LogP contribution in [0.15, 0.2) is 42.7 Å². The predicted molar refractivity (Wildman–Crippen MR) is 90.5 cm³/mol. The number of rotatable bonds is 5. The van der Waals surface area contributed by atoms with Crippen molar-refractivity contribution in [1.29, 1.82) is 0 Å². The van der Waals surface area contributed by atoms with Crippen LogP contribution in [0.3, 0.4) is 0 Å². The van der Waals surface area contributed by atoms with Gasteiger partial charge in [0.25, 0.3) is 0 Å². The van der Waals surface area contributed by atoms with Crippen molar-refractivity contribution in [2.75, 3.05) is 19.7 Å². The summed E-state index contributed by atoms with van der Waals surface area (Å²) in [5, 5.41) is 10.8. The molecule has 1 aromatic carbocycles. The summed E-state index contributed by atoms with van der Waals surface area (Å²) in [6, 6.07) is 9.99. The summed E-state index contributed by atoms with van der Waals surface area (Å²) in [5.74, 6) is 0.821. The lowest BCUT2D eigenvalue weighted by Gasteiger charge is -2.24. The molecule has 23 heavy (non-hydrogen) atoms. The second kappa shape index (κ2) is 6.69. The van der Waals surface area contributed by atoms with Gasteiger partial charge in [-0.2, -0.15) is 0 Å². The maximum Gasteiger partial charge on any atom is 0.119 e. The molecule has 0 spiro atoms. The summed E-state index contributed by atoms with van der Waals surface area (Å²) in [7, 11) is 0. The van der Waals surface area contributed by atoms with Crippen molar-refractivity contribution in [2.45, 2.75) is 32.4 Å². The average molecular weight is 312 g/mol. The summed E-state index contributed by atoms with van der Waals surface area (Å²) in [4.78, 5) is 6.41. The molecule has 0 saturated carbocycles. The third kappa shape index (κ3) is 4.09. The molecule has 1 saturated heterocycles. The van der Waals surface area contributed by atoms with Crippen LogP contribution in [0.1, 0.15) is 23.1 Å². The first-order valence-electron chi connectivity index (χ1n) is 8.08. The third-order valence-corrected chi connectivity index (χ3v) is 4.44. The molecule has 2 heterocycles. The smallest absolute Gasteiger partial charge is 0.119 e. The molecule has 1 atom stereocenters. The van der Waals surface area contributed by atoms with Crippen LogP contribution in [0.4, 0.5) is 0 Å². The van der Waals surface area contributed by atoms with Crippen molar-refractivity contribution in [2.24, 2.45) is 0 Å². The largest absolute Gasteiger partial charge is 0.491 e. The average Bonchev–Trinajstić information content (AvgIpc) is 2.90. The Balaban J connectivity index is 1.56. The Labute approximate surface area is 137 Å². The van der Waals surface area contributed by atoms with Crippen LogP contribution in [-0.2, 0) is 6.54 Å². The number of aliphatic hydroxyl groups is 1. The molecule has 1 fully saturated rings. The normalized spacial score (nSPS) is 21.5. The van der Waals surface area contributed by atoms with Crippen molar-refractivity contribution in [3.05, 3.63) is 59.4 Å². The van der Waals surface area contributed by atoms with Gasteiger partial charge in [-0.3, -0.25) is 9.88 Å². The molecule has 0 radical (unpaired) electrons. The Morgan fingerprint density at radius 1 is 1.30 bits per heavy atom. The van der Waals surface area contributed by atoms with Crippen LogP contribution in [0.5, 0.6) is 5.75 Å². The Hall–Kier alpha value is -1.91. The standard InChI is InChI=1S/C19H24N2O2/c1-15-4-3-5-18(10-15)23-14-19(22)7-9-21(13-19)12-17-6-8-20-11-16(17)2/h3-6,8,10-11,22H,7,9,12-14H2,1-2H3. The van der Waals surface area contributed by atoms with Gasteiger partial charge in [-0.1, -0.05) is 12.1 Å². The number of aryl methyl sites for hydroxylation is 2. The zero-order valence-electron chi connectivity index (χ0n) is 13.8. The number of hydrogen-bond donors (Lipinski definition) is 1. The molecule has 0 aliphatic carbocycles. The lowest BCUT2D eigenvalue weighted by atomic mass is 10.1. The maximum atomic E-state index is 10.8. The summed E-state index contributed by atoms with van der Waals surface area (Å²) in [6.45, 7) is 6.82. The Morgan fingerprint density at radius 3 is 2.96 bits per heavy atom. The Kier molecular flexibility index (Phi) is 4.64. The van der Waals surface area contributed by atoms with Crippen LogP contribution in [0, 0.1) is 13.8 Å². The van der Waals surface area contributed by atoms with Crippen molar-refractivity contribution in [3.63, 3.8) is 0 Å². The number of hydrogen-bond acceptors (Lipinski definition) is 4. The number of pyridine rings is 1. The van der Waals surface area contributed by atoms with Gasteiger partial charge in [-0.15, -0.1) is 0 Å². The van der Waals surface area contributed by atoms with Crippen molar-refractivity contribution in [1.82, 2.24) is 9.88 Å². The summed E-state index contributed by atoms with van der Waals surface area (Å²) >= 11 is 0. The van der Waals surface area contributed by atoms with E-state index in [1.54, 1.807) is 0 Å². The first-order valence-corrected chi connectivity index (χ1v) is 8.08. The Morgan fingerprint density at radius 2 is 2.17 bits per heavy atom. The van der Waals surface area contributed by atoms with E-state index in [-0.39, 0.29) is 0 Å². The highest BCUT2D eigenvalue weighted by Gasteiger charge is 2.36. The molecular weight excluding hydrogens is 288 g/mol. The minimum Gasteiger partial charge on any atom is -0.491 e. The molecule has 1 unspecified atom stereocenters. The molecule has 3 rings (SSSR count). The first-order chi connectivity index (χ1) is 11.0. The molecule has 4 nitrogen and oxygen atoms in total. The number of nitrogens with zero attached hydrogens (tertiary/aromatic N) is 2. The topological polar surface area (TPSA) is 45.6 Å². The van der Waals surface area contributed by atoms with Gasteiger partial charge >= 0.3 is 0 Å². The van der Waals surface area contributed by atoms with Crippen LogP contribution in [0.25, 0.3) is 0 Å². The highest BCUT2D eigenvalue weighted by molar-refractivity contribution is 5.27. The van der Waals surface area contributed by atoms with Crippen LogP contribution in [-0.4, -0.2) is 40.3 Å². The number of β-amino-alcohol motifs (C(OH)–C–C–N with tert-alkyl or cyclic N) is 1. The highest BCUT2D eigenvalue weighted by atomic mass is 16.5. The summed E-state index contributed by atoms with van der Waals surface area (Å²) in [6.07, 6.45) is 4.45. The number of aromatic nitrogens is 1. The van der Waals surface area contributed by atoms with Gasteiger partial charge in [0.05, 0.1) is 0 Å². The second-order valence-electron chi connectivity index (χ2n) is 6.59. The van der Waals surface area contributed by atoms with E-state index in [4.69, 9.17) is 4.74 Å². The molecular formula is C19H24N2O2. The molecule has 0 bridgehead atoms. The van der Waals surface area contributed by atoms with E-state index < -0.39 is 5.60 Å². The fourth-order valence-corrected chi connectivity index (χ4v) is 3.04. The molecule has 4 heteroatoms. The fraction of sp³-hybridized carbons (Fsp3) is 0.421. The quantitative estimate of drug-likeness (QED) is 0.922. The van der Waals surface area contributed by atoms with E-state index in [0.717, 1.165) is 30.8 Å². The van der Waals surface area contributed by atoms with Crippen LogP contribution < -0.4 is 4.74 Å². The van der Waals surface area contributed by atoms with Gasteiger partial charge in [-0.25, -0.2) is 0 Å². The number of benzene rings is 1. The van der Waals surface area contributed by atoms with Crippen LogP contribution >= 0.6 is 0 Å².